The molecule has 0 amide bonds. The first-order chi connectivity index (χ1) is 10.3. The Bertz CT molecular complexity index is 619. The highest BCUT2D eigenvalue weighted by atomic mass is 32.2. The number of nitrogens with zero attached hydrogens (tertiary/aromatic N) is 2. The van der Waals surface area contributed by atoms with Crippen molar-refractivity contribution in [2.24, 2.45) is 0 Å². The highest BCUT2D eigenvalue weighted by Gasteiger charge is 2.08. The molecule has 0 spiro atoms. The number of hydrogen-bond donors (Lipinski definition) is 0. The van der Waals surface area contributed by atoms with Crippen molar-refractivity contribution in [2.75, 3.05) is 14.2 Å². The van der Waals surface area contributed by atoms with E-state index in [0.29, 0.717) is 11.4 Å². The summed E-state index contributed by atoms with van der Waals surface area (Å²) in [4.78, 5) is 5.18. The maximum atomic E-state index is 9.02. The molecule has 0 saturated carbocycles. The fourth-order valence-corrected chi connectivity index (χ4v) is 2.79. The van der Waals surface area contributed by atoms with Gasteiger partial charge in [-0.1, -0.05) is 18.2 Å². The van der Waals surface area contributed by atoms with Gasteiger partial charge in [0.2, 0.25) is 0 Å². The van der Waals surface area contributed by atoms with Crippen LogP contribution in [0.5, 0.6) is 0 Å². The standard InChI is InChI=1S/C16H16N2O2S/c1-19-16(20-2)12-5-7-14(8-6-12)21-11-13-4-3-9-18-15(13)10-17/h3-9,16H,11H2,1-2H3. The van der Waals surface area contributed by atoms with Crippen molar-refractivity contribution in [1.29, 1.82) is 5.26 Å². The van der Waals surface area contributed by atoms with Crippen molar-refractivity contribution in [2.45, 2.75) is 16.9 Å². The highest BCUT2D eigenvalue weighted by molar-refractivity contribution is 7.98. The van der Waals surface area contributed by atoms with E-state index in [4.69, 9.17) is 14.7 Å². The van der Waals surface area contributed by atoms with Crippen LogP contribution in [0.2, 0.25) is 0 Å². The lowest BCUT2D eigenvalue weighted by atomic mass is 10.2. The molecule has 0 aliphatic carbocycles. The summed E-state index contributed by atoms with van der Waals surface area (Å²) in [5, 5.41) is 9.02. The van der Waals surface area contributed by atoms with Crippen LogP contribution >= 0.6 is 11.8 Å². The first-order valence-electron chi connectivity index (χ1n) is 6.41. The Morgan fingerprint density at radius 2 is 1.90 bits per heavy atom. The Kier molecular flexibility index (Phi) is 5.76. The topological polar surface area (TPSA) is 55.1 Å². The largest absolute Gasteiger partial charge is 0.352 e. The average molecular weight is 300 g/mol. The van der Waals surface area contributed by atoms with Gasteiger partial charge in [0.25, 0.3) is 0 Å². The molecule has 2 aromatic rings. The third-order valence-electron chi connectivity index (χ3n) is 2.97. The second-order valence-electron chi connectivity index (χ2n) is 4.28. The maximum Gasteiger partial charge on any atom is 0.183 e. The number of pyridine rings is 1. The van der Waals surface area contributed by atoms with Crippen molar-refractivity contribution in [3.8, 4) is 6.07 Å². The van der Waals surface area contributed by atoms with Gasteiger partial charge in [-0.3, -0.25) is 0 Å². The Hall–Kier alpha value is -1.87. The molecular formula is C16H16N2O2S. The van der Waals surface area contributed by atoms with Crippen LogP contribution in [-0.2, 0) is 15.2 Å². The van der Waals surface area contributed by atoms with Crippen molar-refractivity contribution in [3.05, 3.63) is 59.4 Å². The lowest BCUT2D eigenvalue weighted by Gasteiger charge is -2.13. The minimum atomic E-state index is -0.340. The number of thioether (sulfide) groups is 1. The zero-order valence-corrected chi connectivity index (χ0v) is 12.8. The highest BCUT2D eigenvalue weighted by Crippen LogP contribution is 2.26. The summed E-state index contributed by atoms with van der Waals surface area (Å²) in [7, 11) is 3.23. The molecule has 1 heterocycles. The molecule has 0 saturated heterocycles. The molecular weight excluding hydrogens is 284 g/mol. The maximum absolute atomic E-state index is 9.02. The zero-order chi connectivity index (χ0) is 15.1. The van der Waals surface area contributed by atoms with Gasteiger partial charge < -0.3 is 9.47 Å². The molecule has 0 N–H and O–H groups in total. The summed E-state index contributed by atoms with van der Waals surface area (Å²) in [6.45, 7) is 0. The molecule has 0 bridgehead atoms. The second-order valence-corrected chi connectivity index (χ2v) is 5.33. The number of rotatable bonds is 6. The van der Waals surface area contributed by atoms with E-state index in [1.54, 1.807) is 32.2 Å². The van der Waals surface area contributed by atoms with Gasteiger partial charge in [0.05, 0.1) is 0 Å². The molecule has 4 nitrogen and oxygen atoms in total. The lowest BCUT2D eigenvalue weighted by molar-refractivity contribution is -0.106. The van der Waals surface area contributed by atoms with E-state index in [1.165, 1.54) is 0 Å². The summed E-state index contributed by atoms with van der Waals surface area (Å²) in [5.74, 6) is 0.716. The molecule has 1 aromatic carbocycles. The van der Waals surface area contributed by atoms with Crippen LogP contribution in [-0.4, -0.2) is 19.2 Å². The lowest BCUT2D eigenvalue weighted by Crippen LogP contribution is -2.02. The number of nitriles is 1. The van der Waals surface area contributed by atoms with Gasteiger partial charge in [0.1, 0.15) is 11.8 Å². The third-order valence-corrected chi connectivity index (χ3v) is 4.03. The van der Waals surface area contributed by atoms with Crippen LogP contribution < -0.4 is 0 Å². The smallest absolute Gasteiger partial charge is 0.183 e. The van der Waals surface area contributed by atoms with Crippen molar-refractivity contribution in [3.63, 3.8) is 0 Å². The molecule has 108 valence electrons. The molecule has 0 aliphatic heterocycles. The minimum absolute atomic E-state index is 0.340. The van der Waals surface area contributed by atoms with Gasteiger partial charge in [-0.25, -0.2) is 4.98 Å². The monoisotopic (exact) mass is 300 g/mol. The minimum Gasteiger partial charge on any atom is -0.352 e. The van der Waals surface area contributed by atoms with E-state index in [2.05, 4.69) is 11.1 Å². The molecule has 0 fully saturated rings. The quantitative estimate of drug-likeness (QED) is 0.603. The molecule has 0 unspecified atom stereocenters. The Balaban J connectivity index is 2.03. The summed E-state index contributed by atoms with van der Waals surface area (Å²) in [6, 6.07) is 13.9. The van der Waals surface area contributed by atoms with E-state index in [9.17, 15) is 0 Å². The fraction of sp³-hybridized carbons (Fsp3) is 0.250. The predicted molar refractivity (Wildman–Crippen MR) is 81.7 cm³/mol. The van der Waals surface area contributed by atoms with E-state index in [0.717, 1.165) is 16.0 Å². The van der Waals surface area contributed by atoms with E-state index < -0.39 is 0 Å². The molecule has 0 aliphatic rings. The van der Waals surface area contributed by atoms with Crippen LogP contribution in [0.4, 0.5) is 0 Å². The third kappa shape index (κ3) is 4.05. The van der Waals surface area contributed by atoms with Gasteiger partial charge >= 0.3 is 0 Å². The average Bonchev–Trinajstić information content (AvgIpc) is 2.55. The van der Waals surface area contributed by atoms with E-state index in [-0.39, 0.29) is 6.29 Å². The number of hydrogen-bond acceptors (Lipinski definition) is 5. The summed E-state index contributed by atoms with van der Waals surface area (Å²) >= 11 is 1.67. The Labute approximate surface area is 128 Å². The molecule has 2 rings (SSSR count). The van der Waals surface area contributed by atoms with Gasteiger partial charge in [-0.2, -0.15) is 5.26 Å². The van der Waals surface area contributed by atoms with Gasteiger partial charge in [-0.15, -0.1) is 11.8 Å². The van der Waals surface area contributed by atoms with Crippen LogP contribution in [0.25, 0.3) is 0 Å². The van der Waals surface area contributed by atoms with E-state index >= 15 is 0 Å². The SMILES string of the molecule is COC(OC)c1ccc(SCc2cccnc2C#N)cc1. The summed E-state index contributed by atoms with van der Waals surface area (Å²) in [6.07, 6.45) is 1.30. The van der Waals surface area contributed by atoms with Crippen LogP contribution in [0.15, 0.2) is 47.5 Å². The number of methoxy groups -OCH3 is 2. The molecule has 21 heavy (non-hydrogen) atoms. The second kappa shape index (κ2) is 7.79. The zero-order valence-electron chi connectivity index (χ0n) is 11.9. The molecule has 0 atom stereocenters. The van der Waals surface area contributed by atoms with Crippen molar-refractivity contribution >= 4 is 11.8 Å². The van der Waals surface area contributed by atoms with Crippen LogP contribution in [0, 0.1) is 11.3 Å². The first-order valence-corrected chi connectivity index (χ1v) is 7.39. The predicted octanol–water partition coefficient (Wildman–Crippen LogP) is 3.54. The van der Waals surface area contributed by atoms with Crippen LogP contribution in [0.1, 0.15) is 23.1 Å². The van der Waals surface area contributed by atoms with Crippen molar-refractivity contribution in [1.82, 2.24) is 4.98 Å². The van der Waals surface area contributed by atoms with Gasteiger partial charge in [0, 0.05) is 36.6 Å². The number of ether oxygens (including phenoxy) is 2. The fourth-order valence-electron chi connectivity index (χ4n) is 1.91. The number of aromatic nitrogens is 1. The summed E-state index contributed by atoms with van der Waals surface area (Å²) < 4.78 is 10.4. The van der Waals surface area contributed by atoms with Gasteiger partial charge in [-0.05, 0) is 23.8 Å². The molecule has 0 radical (unpaired) electrons. The summed E-state index contributed by atoms with van der Waals surface area (Å²) in [5.41, 5.74) is 2.41. The normalized spacial score (nSPS) is 10.6. The molecule has 5 heteroatoms. The Morgan fingerprint density at radius 1 is 1.19 bits per heavy atom. The Morgan fingerprint density at radius 3 is 2.52 bits per heavy atom. The molecule has 1 aromatic heterocycles. The van der Waals surface area contributed by atoms with Crippen LogP contribution in [0.3, 0.4) is 0 Å². The van der Waals surface area contributed by atoms with Gasteiger partial charge in [0.15, 0.2) is 6.29 Å². The first kappa shape index (κ1) is 15.5. The number of benzene rings is 1. The van der Waals surface area contributed by atoms with Crippen molar-refractivity contribution < 1.29 is 9.47 Å². The van der Waals surface area contributed by atoms with E-state index in [1.807, 2.05) is 36.4 Å².